The van der Waals surface area contributed by atoms with Crippen molar-refractivity contribution in [1.29, 1.82) is 0 Å². The Morgan fingerprint density at radius 1 is 1.67 bits per heavy atom. The van der Waals surface area contributed by atoms with Gasteiger partial charge in [-0.1, -0.05) is 0 Å². The predicted molar refractivity (Wildman–Crippen MR) is 32.2 cm³/mol. The highest BCUT2D eigenvalue weighted by molar-refractivity contribution is 5.74. The van der Waals surface area contributed by atoms with E-state index in [0.29, 0.717) is 0 Å². The van der Waals surface area contributed by atoms with Crippen molar-refractivity contribution >= 4 is 5.97 Å². The number of carboxylic acids is 1. The predicted octanol–water partition coefficient (Wildman–Crippen LogP) is -0.960. The van der Waals surface area contributed by atoms with E-state index in [0.717, 1.165) is 0 Å². The topological polar surface area (TPSA) is 69.6 Å². The quantitative estimate of drug-likeness (QED) is 0.463. The molecule has 0 radical (unpaired) electrons. The van der Waals surface area contributed by atoms with Gasteiger partial charge in [-0.3, -0.25) is 4.79 Å². The zero-order valence-electron chi connectivity index (χ0n) is 5.46. The Bertz CT molecular complexity index is 102. The Balaban J connectivity index is 3.83. The van der Waals surface area contributed by atoms with Crippen molar-refractivity contribution in [3.05, 3.63) is 0 Å². The summed E-state index contributed by atoms with van der Waals surface area (Å²) in [7, 11) is 1.49. The second-order valence-electron chi connectivity index (χ2n) is 1.85. The standard InChI is InChI=1S/C5H11NO3/c1-3(7)4(6-2)5(8)9/h3-4,6-7H,1-2H3,(H,8,9)/t3-,4-/m0/s1. The summed E-state index contributed by atoms with van der Waals surface area (Å²) in [6, 6.07) is -0.856. The average Bonchev–Trinajstić information content (AvgIpc) is 1.64. The molecule has 0 rings (SSSR count). The summed E-state index contributed by atoms with van der Waals surface area (Å²) in [5, 5.41) is 19.5. The smallest absolute Gasteiger partial charge is 0.323 e. The molecule has 0 amide bonds. The van der Waals surface area contributed by atoms with E-state index < -0.39 is 18.1 Å². The molecule has 0 bridgehead atoms. The van der Waals surface area contributed by atoms with Crippen molar-refractivity contribution in [1.82, 2.24) is 5.32 Å². The second-order valence-corrected chi connectivity index (χ2v) is 1.85. The molecule has 2 atom stereocenters. The molecule has 0 spiro atoms. The highest BCUT2D eigenvalue weighted by Gasteiger charge is 2.19. The van der Waals surface area contributed by atoms with Gasteiger partial charge in [0.1, 0.15) is 6.04 Å². The minimum atomic E-state index is -1.03. The lowest BCUT2D eigenvalue weighted by Crippen LogP contribution is -2.42. The molecule has 0 heterocycles. The Labute approximate surface area is 53.5 Å². The molecule has 0 fully saturated rings. The van der Waals surface area contributed by atoms with Gasteiger partial charge in [0.2, 0.25) is 0 Å². The van der Waals surface area contributed by atoms with Crippen molar-refractivity contribution in [2.45, 2.75) is 19.1 Å². The molecule has 0 aromatic heterocycles. The molecule has 0 saturated carbocycles. The summed E-state index contributed by atoms with van der Waals surface area (Å²) in [4.78, 5) is 10.1. The Kier molecular flexibility index (Phi) is 3.19. The minimum Gasteiger partial charge on any atom is -0.480 e. The number of aliphatic carboxylic acids is 1. The first-order valence-electron chi connectivity index (χ1n) is 2.67. The highest BCUT2D eigenvalue weighted by Crippen LogP contribution is 1.89. The largest absolute Gasteiger partial charge is 0.480 e. The lowest BCUT2D eigenvalue weighted by molar-refractivity contribution is -0.141. The third kappa shape index (κ3) is 2.43. The molecular weight excluding hydrogens is 122 g/mol. The summed E-state index contributed by atoms with van der Waals surface area (Å²) in [5.74, 6) is -1.03. The van der Waals surface area contributed by atoms with Gasteiger partial charge < -0.3 is 15.5 Å². The third-order valence-corrected chi connectivity index (χ3v) is 1.06. The van der Waals surface area contributed by atoms with Crippen LogP contribution in [0.5, 0.6) is 0 Å². The maximum atomic E-state index is 10.1. The molecule has 0 saturated heterocycles. The van der Waals surface area contributed by atoms with E-state index in [1.165, 1.54) is 14.0 Å². The van der Waals surface area contributed by atoms with Gasteiger partial charge in [0, 0.05) is 0 Å². The van der Waals surface area contributed by atoms with Gasteiger partial charge in [-0.2, -0.15) is 0 Å². The van der Waals surface area contributed by atoms with Crippen LogP contribution in [0.25, 0.3) is 0 Å². The number of aliphatic hydroxyl groups excluding tert-OH is 1. The van der Waals surface area contributed by atoms with Crippen molar-refractivity contribution in [2.24, 2.45) is 0 Å². The number of carbonyl (C=O) groups is 1. The van der Waals surface area contributed by atoms with Crippen LogP contribution in [0.4, 0.5) is 0 Å². The monoisotopic (exact) mass is 133 g/mol. The SMILES string of the molecule is CN[C@H](C(=O)O)[C@H](C)O. The number of likely N-dealkylation sites (N-methyl/N-ethyl adjacent to an activating group) is 1. The van der Waals surface area contributed by atoms with E-state index in [-0.39, 0.29) is 0 Å². The molecule has 3 N–H and O–H groups in total. The lowest BCUT2D eigenvalue weighted by Gasteiger charge is -2.12. The van der Waals surface area contributed by atoms with Gasteiger partial charge in [0.05, 0.1) is 6.10 Å². The first kappa shape index (κ1) is 8.39. The molecule has 0 aromatic carbocycles. The fourth-order valence-electron chi connectivity index (χ4n) is 0.571. The molecule has 0 aromatic rings. The van der Waals surface area contributed by atoms with Crippen LogP contribution in [0.3, 0.4) is 0 Å². The third-order valence-electron chi connectivity index (χ3n) is 1.06. The fourth-order valence-corrected chi connectivity index (χ4v) is 0.571. The van der Waals surface area contributed by atoms with Gasteiger partial charge in [0.25, 0.3) is 0 Å². The zero-order valence-corrected chi connectivity index (χ0v) is 5.46. The second kappa shape index (κ2) is 3.42. The van der Waals surface area contributed by atoms with Crippen molar-refractivity contribution in [3.63, 3.8) is 0 Å². The Morgan fingerprint density at radius 2 is 2.11 bits per heavy atom. The Morgan fingerprint density at radius 3 is 2.11 bits per heavy atom. The number of aliphatic hydroxyl groups is 1. The summed E-state index contributed by atoms with van der Waals surface area (Å²) < 4.78 is 0. The molecule has 4 heteroatoms. The van der Waals surface area contributed by atoms with Gasteiger partial charge in [-0.15, -0.1) is 0 Å². The maximum Gasteiger partial charge on any atom is 0.323 e. The van der Waals surface area contributed by atoms with Crippen LogP contribution in [0.2, 0.25) is 0 Å². The minimum absolute atomic E-state index is 0.854. The maximum absolute atomic E-state index is 10.1. The van der Waals surface area contributed by atoms with Gasteiger partial charge in [0.15, 0.2) is 0 Å². The van der Waals surface area contributed by atoms with E-state index in [1.54, 1.807) is 0 Å². The number of hydrogen-bond donors (Lipinski definition) is 3. The van der Waals surface area contributed by atoms with Crippen LogP contribution in [-0.2, 0) is 4.79 Å². The molecule has 0 unspecified atom stereocenters. The molecule has 0 aliphatic carbocycles. The average molecular weight is 133 g/mol. The van der Waals surface area contributed by atoms with Crippen LogP contribution in [0, 0.1) is 0 Å². The summed E-state index contributed by atoms with van der Waals surface area (Å²) in [6.07, 6.45) is -0.854. The van der Waals surface area contributed by atoms with E-state index >= 15 is 0 Å². The van der Waals surface area contributed by atoms with Crippen LogP contribution < -0.4 is 5.32 Å². The summed E-state index contributed by atoms with van der Waals surface area (Å²) in [5.41, 5.74) is 0. The van der Waals surface area contributed by atoms with Crippen molar-refractivity contribution in [3.8, 4) is 0 Å². The fraction of sp³-hybridized carbons (Fsp3) is 0.800. The summed E-state index contributed by atoms with van der Waals surface area (Å²) in [6.45, 7) is 1.43. The van der Waals surface area contributed by atoms with E-state index in [9.17, 15) is 4.79 Å². The number of carboxylic acid groups (broad SMARTS) is 1. The van der Waals surface area contributed by atoms with Crippen LogP contribution in [-0.4, -0.2) is 35.4 Å². The number of hydrogen-bond acceptors (Lipinski definition) is 3. The molecular formula is C5H11NO3. The normalized spacial score (nSPS) is 16.8. The van der Waals surface area contributed by atoms with Crippen molar-refractivity contribution in [2.75, 3.05) is 7.05 Å². The molecule has 9 heavy (non-hydrogen) atoms. The Hall–Kier alpha value is -0.610. The van der Waals surface area contributed by atoms with E-state index in [4.69, 9.17) is 10.2 Å². The first-order valence-corrected chi connectivity index (χ1v) is 2.67. The first-order chi connectivity index (χ1) is 4.09. The highest BCUT2D eigenvalue weighted by atomic mass is 16.4. The van der Waals surface area contributed by atoms with Crippen LogP contribution >= 0.6 is 0 Å². The molecule has 0 aliphatic rings. The van der Waals surface area contributed by atoms with Gasteiger partial charge in [-0.25, -0.2) is 0 Å². The van der Waals surface area contributed by atoms with Gasteiger partial charge >= 0.3 is 5.97 Å². The number of rotatable bonds is 3. The summed E-state index contributed by atoms with van der Waals surface area (Å²) >= 11 is 0. The molecule has 0 aliphatic heterocycles. The number of nitrogens with one attached hydrogen (secondary N) is 1. The van der Waals surface area contributed by atoms with Crippen LogP contribution in [0.15, 0.2) is 0 Å². The van der Waals surface area contributed by atoms with E-state index in [2.05, 4.69) is 5.32 Å². The molecule has 54 valence electrons. The van der Waals surface area contributed by atoms with E-state index in [1.807, 2.05) is 0 Å². The zero-order chi connectivity index (χ0) is 7.44. The molecule has 4 nitrogen and oxygen atoms in total. The van der Waals surface area contributed by atoms with Crippen molar-refractivity contribution < 1.29 is 15.0 Å². The van der Waals surface area contributed by atoms with Gasteiger partial charge in [-0.05, 0) is 14.0 Å². The lowest BCUT2D eigenvalue weighted by atomic mass is 10.2. The van der Waals surface area contributed by atoms with Crippen LogP contribution in [0.1, 0.15) is 6.92 Å².